The maximum Gasteiger partial charge on any atom is 0.306 e. The van der Waals surface area contributed by atoms with Crippen LogP contribution in [0.1, 0.15) is 174 Å². The zero-order valence-electron chi connectivity index (χ0n) is 26.4. The van der Waals surface area contributed by atoms with Crippen molar-refractivity contribution in [3.05, 3.63) is 36.5 Å². The third-order valence-corrected chi connectivity index (χ3v) is 7.38. The number of carboxylic acids is 1. The molecule has 40 heavy (non-hydrogen) atoms. The van der Waals surface area contributed by atoms with Gasteiger partial charge < -0.3 is 9.84 Å². The lowest BCUT2D eigenvalue weighted by Gasteiger charge is -2.18. The van der Waals surface area contributed by atoms with Gasteiger partial charge in [-0.25, -0.2) is 0 Å². The molecule has 0 saturated carbocycles. The number of hydrogen-bond donors (Lipinski definition) is 1. The molecule has 0 rings (SSSR count). The molecule has 0 aliphatic carbocycles. The standard InChI is InChI=1S/C36H64O4/c1-3-5-7-8-9-10-11-12-13-14-15-16-17-18-19-20-21-25-29-33-36(39)40-34(30-26-6-4-2)31-27-23-22-24-28-32-35(37)38/h5,7,9-10,12-13,34H,3-4,6,8,11,14-33H2,1-2H3,(H,37,38)/b7-5-,10-9-,13-12-. The number of hydrogen-bond acceptors (Lipinski definition) is 3. The van der Waals surface area contributed by atoms with Crippen LogP contribution in [0.5, 0.6) is 0 Å². The van der Waals surface area contributed by atoms with E-state index in [9.17, 15) is 9.59 Å². The molecular weight excluding hydrogens is 496 g/mol. The fourth-order valence-electron chi connectivity index (χ4n) is 4.90. The first kappa shape index (κ1) is 38.2. The molecule has 0 aromatic rings. The van der Waals surface area contributed by atoms with Crippen LogP contribution in [0.3, 0.4) is 0 Å². The van der Waals surface area contributed by atoms with Crippen LogP contribution in [-0.2, 0) is 14.3 Å². The summed E-state index contributed by atoms with van der Waals surface area (Å²) in [6, 6.07) is 0. The number of carboxylic acid groups (broad SMARTS) is 1. The molecule has 0 aromatic heterocycles. The van der Waals surface area contributed by atoms with Gasteiger partial charge in [-0.1, -0.05) is 127 Å². The summed E-state index contributed by atoms with van der Waals surface area (Å²) in [4.78, 5) is 23.0. The fourth-order valence-corrected chi connectivity index (χ4v) is 4.90. The van der Waals surface area contributed by atoms with Crippen LogP contribution in [0.25, 0.3) is 0 Å². The average Bonchev–Trinajstić information content (AvgIpc) is 2.93. The summed E-state index contributed by atoms with van der Waals surface area (Å²) < 4.78 is 5.87. The van der Waals surface area contributed by atoms with Gasteiger partial charge in [0, 0.05) is 12.8 Å². The Morgan fingerprint density at radius 2 is 1.05 bits per heavy atom. The van der Waals surface area contributed by atoms with Crippen LogP contribution < -0.4 is 0 Å². The van der Waals surface area contributed by atoms with E-state index in [1.165, 1.54) is 64.2 Å². The second-order valence-corrected chi connectivity index (χ2v) is 11.3. The highest BCUT2D eigenvalue weighted by Crippen LogP contribution is 2.18. The first-order valence-corrected chi connectivity index (χ1v) is 17.0. The van der Waals surface area contributed by atoms with E-state index in [0.29, 0.717) is 6.42 Å². The molecule has 0 aromatic carbocycles. The minimum absolute atomic E-state index is 0.0165. The molecule has 0 amide bonds. The van der Waals surface area contributed by atoms with Crippen molar-refractivity contribution >= 4 is 11.9 Å². The molecule has 0 heterocycles. The second kappa shape index (κ2) is 31.7. The van der Waals surface area contributed by atoms with Crippen molar-refractivity contribution in [1.29, 1.82) is 0 Å². The number of esters is 1. The van der Waals surface area contributed by atoms with Crippen LogP contribution in [0.4, 0.5) is 0 Å². The molecule has 0 aliphatic rings. The van der Waals surface area contributed by atoms with Crippen molar-refractivity contribution in [1.82, 2.24) is 0 Å². The average molecular weight is 561 g/mol. The summed E-state index contributed by atoms with van der Waals surface area (Å²) in [5, 5.41) is 8.72. The molecule has 0 fully saturated rings. The van der Waals surface area contributed by atoms with E-state index >= 15 is 0 Å². The molecule has 4 nitrogen and oxygen atoms in total. The lowest BCUT2D eigenvalue weighted by atomic mass is 10.0. The molecule has 232 valence electrons. The monoisotopic (exact) mass is 560 g/mol. The molecular formula is C36H64O4. The van der Waals surface area contributed by atoms with Gasteiger partial charge in [0.2, 0.25) is 0 Å². The molecule has 0 bridgehead atoms. The lowest BCUT2D eigenvalue weighted by molar-refractivity contribution is -0.150. The van der Waals surface area contributed by atoms with Gasteiger partial charge in [0.25, 0.3) is 0 Å². The van der Waals surface area contributed by atoms with E-state index in [4.69, 9.17) is 9.84 Å². The van der Waals surface area contributed by atoms with Crippen molar-refractivity contribution in [2.75, 3.05) is 0 Å². The lowest BCUT2D eigenvalue weighted by Crippen LogP contribution is -2.18. The molecule has 4 heteroatoms. The number of ether oxygens (including phenoxy) is 1. The van der Waals surface area contributed by atoms with Gasteiger partial charge in [-0.15, -0.1) is 0 Å². The first-order valence-electron chi connectivity index (χ1n) is 17.0. The van der Waals surface area contributed by atoms with Crippen molar-refractivity contribution in [2.45, 2.75) is 180 Å². The molecule has 0 radical (unpaired) electrons. The zero-order valence-corrected chi connectivity index (χ0v) is 26.4. The van der Waals surface area contributed by atoms with Crippen LogP contribution in [0, 0.1) is 0 Å². The summed E-state index contributed by atoms with van der Waals surface area (Å²) in [5.41, 5.74) is 0. The van der Waals surface area contributed by atoms with E-state index in [-0.39, 0.29) is 18.5 Å². The molecule has 1 atom stereocenters. The topological polar surface area (TPSA) is 63.6 Å². The maximum atomic E-state index is 12.4. The van der Waals surface area contributed by atoms with Gasteiger partial charge in [0.15, 0.2) is 0 Å². The van der Waals surface area contributed by atoms with E-state index in [2.05, 4.69) is 50.3 Å². The van der Waals surface area contributed by atoms with Crippen molar-refractivity contribution in [3.63, 3.8) is 0 Å². The van der Waals surface area contributed by atoms with Crippen molar-refractivity contribution < 1.29 is 19.4 Å². The third-order valence-electron chi connectivity index (χ3n) is 7.38. The number of aliphatic carboxylic acids is 1. The highest BCUT2D eigenvalue weighted by molar-refractivity contribution is 5.69. The fraction of sp³-hybridized carbons (Fsp3) is 0.778. The Hall–Kier alpha value is -1.84. The minimum atomic E-state index is -0.705. The van der Waals surface area contributed by atoms with Gasteiger partial charge in [0.05, 0.1) is 0 Å². The maximum absolute atomic E-state index is 12.4. The first-order chi connectivity index (χ1) is 19.6. The number of allylic oxidation sites excluding steroid dienone is 6. The Kier molecular flexibility index (Phi) is 30.2. The Morgan fingerprint density at radius 1 is 0.575 bits per heavy atom. The predicted molar refractivity (Wildman–Crippen MR) is 172 cm³/mol. The van der Waals surface area contributed by atoms with Crippen LogP contribution >= 0.6 is 0 Å². The van der Waals surface area contributed by atoms with Gasteiger partial charge >= 0.3 is 11.9 Å². The van der Waals surface area contributed by atoms with Gasteiger partial charge in [-0.3, -0.25) is 9.59 Å². The Morgan fingerprint density at radius 3 is 1.62 bits per heavy atom. The minimum Gasteiger partial charge on any atom is -0.481 e. The number of carbonyl (C=O) groups excluding carboxylic acids is 1. The molecule has 1 N–H and O–H groups in total. The van der Waals surface area contributed by atoms with E-state index < -0.39 is 5.97 Å². The van der Waals surface area contributed by atoms with Gasteiger partial charge in [-0.05, 0) is 70.6 Å². The number of unbranched alkanes of at least 4 members (excludes halogenated alkanes) is 15. The number of carbonyl (C=O) groups is 2. The van der Waals surface area contributed by atoms with Crippen LogP contribution in [0.2, 0.25) is 0 Å². The SMILES string of the molecule is CC/C=C\C/C=C\C/C=C\CCCCCCCCCCCC(=O)OC(CCCCC)CCCCCCCC(=O)O. The van der Waals surface area contributed by atoms with Crippen molar-refractivity contribution in [2.24, 2.45) is 0 Å². The Bertz CT molecular complexity index is 649. The molecule has 0 aliphatic heterocycles. The zero-order chi connectivity index (χ0) is 29.4. The van der Waals surface area contributed by atoms with Gasteiger partial charge in [-0.2, -0.15) is 0 Å². The summed E-state index contributed by atoms with van der Waals surface area (Å²) in [6.45, 7) is 4.37. The summed E-state index contributed by atoms with van der Waals surface area (Å²) >= 11 is 0. The summed E-state index contributed by atoms with van der Waals surface area (Å²) in [6.07, 6.45) is 40.4. The highest BCUT2D eigenvalue weighted by atomic mass is 16.5. The van der Waals surface area contributed by atoms with Crippen LogP contribution in [0.15, 0.2) is 36.5 Å². The van der Waals surface area contributed by atoms with Crippen molar-refractivity contribution in [3.8, 4) is 0 Å². The quantitative estimate of drug-likeness (QED) is 0.0539. The largest absolute Gasteiger partial charge is 0.481 e. The molecule has 0 saturated heterocycles. The smallest absolute Gasteiger partial charge is 0.306 e. The molecule has 1 unspecified atom stereocenters. The third kappa shape index (κ3) is 30.7. The van der Waals surface area contributed by atoms with Crippen LogP contribution in [-0.4, -0.2) is 23.1 Å². The highest BCUT2D eigenvalue weighted by Gasteiger charge is 2.14. The Labute approximate surface area is 248 Å². The van der Waals surface area contributed by atoms with Gasteiger partial charge in [0.1, 0.15) is 6.10 Å². The summed E-state index contributed by atoms with van der Waals surface area (Å²) in [7, 11) is 0. The Balaban J connectivity index is 3.70. The normalized spacial score (nSPS) is 12.7. The second-order valence-electron chi connectivity index (χ2n) is 11.3. The predicted octanol–water partition coefficient (Wildman–Crippen LogP) is 11.4. The van der Waals surface area contributed by atoms with E-state index in [0.717, 1.165) is 83.5 Å². The van der Waals surface area contributed by atoms with E-state index in [1.54, 1.807) is 0 Å². The number of rotatable bonds is 30. The van der Waals surface area contributed by atoms with E-state index in [1.807, 2.05) is 0 Å². The molecule has 0 spiro atoms. The summed E-state index contributed by atoms with van der Waals surface area (Å²) in [5.74, 6) is -0.722.